The number of hydrogen-bond donors (Lipinski definition) is 1. The van der Waals surface area contributed by atoms with Gasteiger partial charge in [0.25, 0.3) is 0 Å². The van der Waals surface area contributed by atoms with Crippen molar-refractivity contribution in [2.75, 3.05) is 7.05 Å². The van der Waals surface area contributed by atoms with Crippen LogP contribution >= 0.6 is 11.8 Å². The smallest absolute Gasteiger partial charge is 0.190 e. The predicted octanol–water partition coefficient (Wildman–Crippen LogP) is 2.69. The van der Waals surface area contributed by atoms with E-state index in [0.29, 0.717) is 5.56 Å². The molecular weight excluding hydrogens is 263 g/mol. The van der Waals surface area contributed by atoms with Crippen molar-refractivity contribution in [2.24, 2.45) is 7.05 Å². The lowest BCUT2D eigenvalue weighted by Crippen LogP contribution is -2.14. The Morgan fingerprint density at radius 1 is 1.42 bits per heavy atom. The van der Waals surface area contributed by atoms with E-state index in [-0.39, 0.29) is 11.9 Å². The molecule has 0 bridgehead atoms. The molecular formula is C13H17FN4S. The van der Waals surface area contributed by atoms with Crippen molar-refractivity contribution in [2.45, 2.75) is 29.9 Å². The van der Waals surface area contributed by atoms with Gasteiger partial charge in [-0.3, -0.25) is 0 Å². The molecule has 0 spiro atoms. The van der Waals surface area contributed by atoms with E-state index >= 15 is 0 Å². The first-order valence-electron chi connectivity index (χ1n) is 6.02. The van der Waals surface area contributed by atoms with Crippen molar-refractivity contribution in [1.29, 1.82) is 0 Å². The summed E-state index contributed by atoms with van der Waals surface area (Å²) in [5, 5.41) is 7.97. The van der Waals surface area contributed by atoms with Gasteiger partial charge in [0, 0.05) is 18.0 Å². The molecule has 1 aromatic carbocycles. The highest BCUT2D eigenvalue weighted by Gasteiger charge is 2.15. The van der Waals surface area contributed by atoms with Gasteiger partial charge in [0.1, 0.15) is 12.1 Å². The Morgan fingerprint density at radius 3 is 2.74 bits per heavy atom. The summed E-state index contributed by atoms with van der Waals surface area (Å²) in [6, 6.07) is 3.53. The summed E-state index contributed by atoms with van der Waals surface area (Å²) in [5.41, 5.74) is 1.57. The fourth-order valence-electron chi connectivity index (χ4n) is 1.73. The van der Waals surface area contributed by atoms with E-state index in [2.05, 4.69) is 15.4 Å². The van der Waals surface area contributed by atoms with E-state index in [1.165, 1.54) is 18.1 Å². The van der Waals surface area contributed by atoms with E-state index < -0.39 is 0 Å². The van der Waals surface area contributed by atoms with Crippen LogP contribution < -0.4 is 5.32 Å². The molecule has 2 aromatic rings. The minimum Gasteiger partial charge on any atom is -0.313 e. The SMILES string of the molecule is CNC(C)c1cc(F)c(C)cc1Sc1ncnn1C. The van der Waals surface area contributed by atoms with E-state index in [1.807, 2.05) is 27.1 Å². The Hall–Kier alpha value is -1.40. The molecule has 0 aliphatic carbocycles. The van der Waals surface area contributed by atoms with Crippen LogP contribution in [0.2, 0.25) is 0 Å². The molecule has 0 saturated carbocycles. The monoisotopic (exact) mass is 280 g/mol. The Kier molecular flexibility index (Phi) is 4.21. The average molecular weight is 280 g/mol. The second kappa shape index (κ2) is 5.71. The van der Waals surface area contributed by atoms with Crippen LogP contribution in [0.15, 0.2) is 28.5 Å². The van der Waals surface area contributed by atoms with Gasteiger partial charge in [0.15, 0.2) is 5.16 Å². The maximum atomic E-state index is 13.7. The molecule has 1 N–H and O–H groups in total. The summed E-state index contributed by atoms with van der Waals surface area (Å²) in [4.78, 5) is 5.19. The Morgan fingerprint density at radius 2 is 2.16 bits per heavy atom. The van der Waals surface area contributed by atoms with Crippen LogP contribution in [0, 0.1) is 12.7 Å². The van der Waals surface area contributed by atoms with Crippen LogP contribution in [0.25, 0.3) is 0 Å². The Balaban J connectivity index is 2.43. The fourth-order valence-corrected chi connectivity index (χ4v) is 2.79. The first-order chi connectivity index (χ1) is 9.02. The second-order valence-electron chi connectivity index (χ2n) is 4.42. The molecule has 1 aromatic heterocycles. The molecule has 0 saturated heterocycles. The molecule has 0 radical (unpaired) electrons. The third-order valence-electron chi connectivity index (χ3n) is 3.06. The maximum absolute atomic E-state index is 13.7. The summed E-state index contributed by atoms with van der Waals surface area (Å²) in [7, 11) is 3.70. The summed E-state index contributed by atoms with van der Waals surface area (Å²) in [5.74, 6) is -0.181. The van der Waals surface area contributed by atoms with Crippen molar-refractivity contribution in [3.63, 3.8) is 0 Å². The number of nitrogens with zero attached hydrogens (tertiary/aromatic N) is 3. The molecule has 0 aliphatic rings. The molecule has 0 aliphatic heterocycles. The quantitative estimate of drug-likeness (QED) is 0.935. The lowest BCUT2D eigenvalue weighted by atomic mass is 10.1. The molecule has 2 rings (SSSR count). The van der Waals surface area contributed by atoms with Gasteiger partial charge < -0.3 is 5.32 Å². The van der Waals surface area contributed by atoms with Gasteiger partial charge in [-0.1, -0.05) is 0 Å². The molecule has 19 heavy (non-hydrogen) atoms. The molecule has 0 amide bonds. The minimum absolute atomic E-state index is 0.0748. The average Bonchev–Trinajstić information content (AvgIpc) is 2.78. The zero-order chi connectivity index (χ0) is 14.0. The summed E-state index contributed by atoms with van der Waals surface area (Å²) < 4.78 is 15.4. The van der Waals surface area contributed by atoms with Gasteiger partial charge in [-0.25, -0.2) is 14.1 Å². The van der Waals surface area contributed by atoms with Crippen molar-refractivity contribution >= 4 is 11.8 Å². The zero-order valence-corrected chi connectivity index (χ0v) is 12.3. The first kappa shape index (κ1) is 14.0. The normalized spacial score (nSPS) is 12.7. The van der Waals surface area contributed by atoms with Crippen molar-refractivity contribution < 1.29 is 4.39 Å². The molecule has 0 fully saturated rings. The molecule has 1 atom stereocenters. The number of rotatable bonds is 4. The van der Waals surface area contributed by atoms with Crippen molar-refractivity contribution in [3.05, 3.63) is 35.4 Å². The van der Waals surface area contributed by atoms with Gasteiger partial charge in [0.05, 0.1) is 0 Å². The third-order valence-corrected chi connectivity index (χ3v) is 4.19. The topological polar surface area (TPSA) is 42.7 Å². The molecule has 102 valence electrons. The number of nitrogens with one attached hydrogen (secondary N) is 1. The van der Waals surface area contributed by atoms with E-state index in [1.54, 1.807) is 17.7 Å². The third kappa shape index (κ3) is 2.96. The number of aryl methyl sites for hydroxylation is 2. The van der Waals surface area contributed by atoms with Crippen LogP contribution in [-0.4, -0.2) is 21.8 Å². The van der Waals surface area contributed by atoms with Gasteiger partial charge in [-0.05, 0) is 55.9 Å². The van der Waals surface area contributed by atoms with Gasteiger partial charge >= 0.3 is 0 Å². The summed E-state index contributed by atoms with van der Waals surface area (Å²) >= 11 is 1.50. The number of aromatic nitrogens is 3. The van der Waals surface area contributed by atoms with E-state index in [0.717, 1.165) is 15.6 Å². The minimum atomic E-state index is -0.181. The summed E-state index contributed by atoms with van der Waals surface area (Å²) in [6.07, 6.45) is 1.51. The molecule has 1 heterocycles. The van der Waals surface area contributed by atoms with Gasteiger partial charge in [-0.2, -0.15) is 5.10 Å². The van der Waals surface area contributed by atoms with Crippen LogP contribution in [0.5, 0.6) is 0 Å². The number of benzene rings is 1. The lowest BCUT2D eigenvalue weighted by Gasteiger charge is -2.16. The van der Waals surface area contributed by atoms with E-state index in [4.69, 9.17) is 0 Å². The first-order valence-corrected chi connectivity index (χ1v) is 6.83. The second-order valence-corrected chi connectivity index (χ2v) is 5.43. The van der Waals surface area contributed by atoms with Crippen molar-refractivity contribution in [1.82, 2.24) is 20.1 Å². The summed E-state index contributed by atoms with van der Waals surface area (Å²) in [6.45, 7) is 3.77. The highest BCUT2D eigenvalue weighted by Crippen LogP contribution is 2.33. The number of halogens is 1. The Labute approximate surface area is 116 Å². The van der Waals surface area contributed by atoms with E-state index in [9.17, 15) is 4.39 Å². The van der Waals surface area contributed by atoms with Gasteiger partial charge in [-0.15, -0.1) is 0 Å². The molecule has 6 heteroatoms. The highest BCUT2D eigenvalue weighted by atomic mass is 32.2. The van der Waals surface area contributed by atoms with Crippen molar-refractivity contribution in [3.8, 4) is 0 Å². The lowest BCUT2D eigenvalue weighted by molar-refractivity contribution is 0.594. The largest absolute Gasteiger partial charge is 0.313 e. The fraction of sp³-hybridized carbons (Fsp3) is 0.385. The number of hydrogen-bond acceptors (Lipinski definition) is 4. The maximum Gasteiger partial charge on any atom is 0.190 e. The highest BCUT2D eigenvalue weighted by molar-refractivity contribution is 7.99. The molecule has 4 nitrogen and oxygen atoms in total. The molecule has 1 unspecified atom stereocenters. The van der Waals surface area contributed by atoms with Gasteiger partial charge in [0.2, 0.25) is 0 Å². The Bertz CT molecular complexity index is 582. The van der Waals surface area contributed by atoms with Crippen LogP contribution in [-0.2, 0) is 7.05 Å². The van der Waals surface area contributed by atoms with Crippen LogP contribution in [0.1, 0.15) is 24.1 Å². The standard InChI is InChI=1S/C13H17FN4S/c1-8-5-12(19-13-16-7-17-18(13)4)10(6-11(8)14)9(2)15-3/h5-7,9,15H,1-4H3. The zero-order valence-electron chi connectivity index (χ0n) is 11.4. The van der Waals surface area contributed by atoms with Crippen LogP contribution in [0.3, 0.4) is 0 Å². The van der Waals surface area contributed by atoms with Crippen LogP contribution in [0.4, 0.5) is 4.39 Å². The predicted molar refractivity (Wildman–Crippen MR) is 73.7 cm³/mol.